The standard InChI is InChI=1S/C23H31N3O5S/c1-4-11-24-32(28,29)19-9-10-21(18(2)16-19)31-17-23(27)26-14-12-25(13-15-26)20-7-5-6-8-22(20)30-3/h5-10,16,24H,4,11-15,17H2,1-3H3. The Morgan fingerprint density at radius 2 is 1.78 bits per heavy atom. The molecule has 32 heavy (non-hydrogen) atoms. The summed E-state index contributed by atoms with van der Waals surface area (Å²) in [6.45, 7) is 6.59. The van der Waals surface area contributed by atoms with Crippen molar-refractivity contribution < 1.29 is 22.7 Å². The van der Waals surface area contributed by atoms with Crippen LogP contribution in [0.2, 0.25) is 0 Å². The topological polar surface area (TPSA) is 88.2 Å². The Hall–Kier alpha value is -2.78. The molecule has 0 unspecified atom stereocenters. The number of nitrogens with one attached hydrogen (secondary N) is 1. The van der Waals surface area contributed by atoms with Gasteiger partial charge in [0.1, 0.15) is 11.5 Å². The van der Waals surface area contributed by atoms with Crippen LogP contribution in [0.5, 0.6) is 11.5 Å². The Labute approximate surface area is 190 Å². The molecule has 9 heteroatoms. The van der Waals surface area contributed by atoms with Gasteiger partial charge in [0.15, 0.2) is 6.61 Å². The predicted molar refractivity (Wildman–Crippen MR) is 124 cm³/mol. The number of ether oxygens (including phenoxy) is 2. The summed E-state index contributed by atoms with van der Waals surface area (Å²) in [7, 11) is -1.88. The Morgan fingerprint density at radius 3 is 2.44 bits per heavy atom. The number of rotatable bonds is 9. The van der Waals surface area contributed by atoms with E-state index in [1.807, 2.05) is 31.2 Å². The summed E-state index contributed by atoms with van der Waals surface area (Å²) < 4.78 is 38.2. The highest BCUT2D eigenvalue weighted by molar-refractivity contribution is 7.89. The van der Waals surface area contributed by atoms with E-state index in [0.29, 0.717) is 50.5 Å². The molecule has 0 saturated carbocycles. The minimum Gasteiger partial charge on any atom is -0.495 e. The van der Waals surface area contributed by atoms with Crippen molar-refractivity contribution in [2.45, 2.75) is 25.2 Å². The maximum absolute atomic E-state index is 12.6. The normalized spacial score (nSPS) is 14.3. The van der Waals surface area contributed by atoms with Crippen LogP contribution in [0.4, 0.5) is 5.69 Å². The second-order valence-electron chi connectivity index (χ2n) is 7.65. The van der Waals surface area contributed by atoms with Crippen molar-refractivity contribution in [3.63, 3.8) is 0 Å². The second-order valence-corrected chi connectivity index (χ2v) is 9.42. The number of piperazine rings is 1. The quantitative estimate of drug-likeness (QED) is 0.617. The van der Waals surface area contributed by atoms with Gasteiger partial charge in [-0.25, -0.2) is 13.1 Å². The van der Waals surface area contributed by atoms with Crippen molar-refractivity contribution in [1.82, 2.24) is 9.62 Å². The molecule has 1 N–H and O–H groups in total. The van der Waals surface area contributed by atoms with Gasteiger partial charge in [-0.05, 0) is 49.2 Å². The third-order valence-electron chi connectivity index (χ3n) is 5.41. The van der Waals surface area contributed by atoms with E-state index >= 15 is 0 Å². The molecule has 0 aliphatic carbocycles. The fourth-order valence-electron chi connectivity index (χ4n) is 3.59. The minimum absolute atomic E-state index is 0.0876. The maximum Gasteiger partial charge on any atom is 0.260 e. The van der Waals surface area contributed by atoms with Gasteiger partial charge in [0, 0.05) is 32.7 Å². The molecule has 1 aliphatic rings. The largest absolute Gasteiger partial charge is 0.495 e. The molecule has 3 rings (SSSR count). The lowest BCUT2D eigenvalue weighted by atomic mass is 10.2. The summed E-state index contributed by atoms with van der Waals surface area (Å²) in [5, 5.41) is 0. The summed E-state index contributed by atoms with van der Waals surface area (Å²) in [4.78, 5) is 16.8. The smallest absolute Gasteiger partial charge is 0.260 e. The Morgan fingerprint density at radius 1 is 1.06 bits per heavy atom. The molecule has 174 valence electrons. The fraction of sp³-hybridized carbons (Fsp3) is 0.435. The molecule has 0 radical (unpaired) electrons. The zero-order chi connectivity index (χ0) is 23.1. The SMILES string of the molecule is CCCNS(=O)(=O)c1ccc(OCC(=O)N2CCN(c3ccccc3OC)CC2)c(C)c1. The molecular weight excluding hydrogens is 430 g/mol. The van der Waals surface area contributed by atoms with E-state index in [9.17, 15) is 13.2 Å². The average Bonchev–Trinajstić information content (AvgIpc) is 2.81. The van der Waals surface area contributed by atoms with Crippen molar-refractivity contribution in [3.05, 3.63) is 48.0 Å². The van der Waals surface area contributed by atoms with Crippen LogP contribution >= 0.6 is 0 Å². The van der Waals surface area contributed by atoms with E-state index in [4.69, 9.17) is 9.47 Å². The van der Waals surface area contributed by atoms with Crippen LogP contribution in [0.15, 0.2) is 47.4 Å². The van der Waals surface area contributed by atoms with E-state index in [0.717, 1.165) is 11.4 Å². The molecule has 0 aromatic heterocycles. The number of sulfonamides is 1. The molecule has 0 atom stereocenters. The summed E-state index contributed by atoms with van der Waals surface area (Å²) >= 11 is 0. The zero-order valence-corrected chi connectivity index (χ0v) is 19.7. The van der Waals surface area contributed by atoms with Crippen LogP contribution in [0.1, 0.15) is 18.9 Å². The van der Waals surface area contributed by atoms with Crippen molar-refractivity contribution >= 4 is 21.6 Å². The maximum atomic E-state index is 12.6. The van der Waals surface area contributed by atoms with Crippen LogP contribution < -0.4 is 19.1 Å². The van der Waals surface area contributed by atoms with Gasteiger partial charge in [-0.3, -0.25) is 4.79 Å². The number of hydrogen-bond acceptors (Lipinski definition) is 6. The van der Waals surface area contributed by atoms with Crippen molar-refractivity contribution in [3.8, 4) is 11.5 Å². The number of benzene rings is 2. The van der Waals surface area contributed by atoms with Gasteiger partial charge < -0.3 is 19.3 Å². The third kappa shape index (κ3) is 5.72. The summed E-state index contributed by atoms with van der Waals surface area (Å²) in [5.74, 6) is 1.23. The predicted octanol–water partition coefficient (Wildman–Crippen LogP) is 2.42. The monoisotopic (exact) mass is 461 g/mol. The Balaban J connectivity index is 1.54. The first-order chi connectivity index (χ1) is 15.4. The van der Waals surface area contributed by atoms with Gasteiger partial charge in [-0.2, -0.15) is 0 Å². The van der Waals surface area contributed by atoms with Crippen molar-refractivity contribution in [1.29, 1.82) is 0 Å². The molecule has 0 spiro atoms. The number of nitrogens with zero attached hydrogens (tertiary/aromatic N) is 2. The fourth-order valence-corrected chi connectivity index (χ4v) is 4.81. The summed E-state index contributed by atoms with van der Waals surface area (Å²) in [6.07, 6.45) is 0.717. The Bertz CT molecular complexity index is 1030. The van der Waals surface area contributed by atoms with Gasteiger partial charge in [-0.1, -0.05) is 19.1 Å². The van der Waals surface area contributed by atoms with Crippen LogP contribution in [0.25, 0.3) is 0 Å². The summed E-state index contributed by atoms with van der Waals surface area (Å²) in [6, 6.07) is 12.5. The Kier molecular flexibility index (Phi) is 7.98. The van der Waals surface area contributed by atoms with Gasteiger partial charge >= 0.3 is 0 Å². The van der Waals surface area contributed by atoms with Crippen LogP contribution in [0.3, 0.4) is 0 Å². The van der Waals surface area contributed by atoms with Crippen LogP contribution in [0, 0.1) is 6.92 Å². The van der Waals surface area contributed by atoms with E-state index in [-0.39, 0.29) is 17.4 Å². The van der Waals surface area contributed by atoms with Crippen molar-refractivity contribution in [2.75, 3.05) is 51.3 Å². The van der Waals surface area contributed by atoms with Gasteiger partial charge in [0.2, 0.25) is 10.0 Å². The number of methoxy groups -OCH3 is 1. The summed E-state index contributed by atoms with van der Waals surface area (Å²) in [5.41, 5.74) is 1.69. The number of hydrogen-bond donors (Lipinski definition) is 1. The molecule has 2 aromatic rings. The molecule has 1 amide bonds. The highest BCUT2D eigenvalue weighted by Gasteiger charge is 2.23. The molecule has 1 aliphatic heterocycles. The van der Waals surface area contributed by atoms with E-state index in [1.54, 1.807) is 31.1 Å². The third-order valence-corrected chi connectivity index (χ3v) is 6.87. The first-order valence-corrected chi connectivity index (χ1v) is 12.2. The zero-order valence-electron chi connectivity index (χ0n) is 18.8. The molecule has 1 heterocycles. The highest BCUT2D eigenvalue weighted by Crippen LogP contribution is 2.28. The number of carbonyl (C=O) groups excluding carboxylic acids is 1. The lowest BCUT2D eigenvalue weighted by Gasteiger charge is -2.36. The van der Waals surface area contributed by atoms with E-state index in [1.165, 1.54) is 6.07 Å². The molecule has 8 nitrogen and oxygen atoms in total. The first-order valence-electron chi connectivity index (χ1n) is 10.7. The minimum atomic E-state index is -3.54. The highest BCUT2D eigenvalue weighted by atomic mass is 32.2. The van der Waals surface area contributed by atoms with Crippen LogP contribution in [-0.4, -0.2) is 65.7 Å². The van der Waals surface area contributed by atoms with E-state index in [2.05, 4.69) is 9.62 Å². The number of anilines is 1. The van der Waals surface area contributed by atoms with Crippen molar-refractivity contribution in [2.24, 2.45) is 0 Å². The first kappa shape index (κ1) is 23.9. The van der Waals surface area contributed by atoms with Gasteiger partial charge in [0.05, 0.1) is 17.7 Å². The second kappa shape index (κ2) is 10.7. The van der Waals surface area contributed by atoms with E-state index < -0.39 is 10.0 Å². The average molecular weight is 462 g/mol. The van der Waals surface area contributed by atoms with Gasteiger partial charge in [-0.15, -0.1) is 0 Å². The molecule has 1 saturated heterocycles. The molecule has 2 aromatic carbocycles. The van der Waals surface area contributed by atoms with Crippen LogP contribution in [-0.2, 0) is 14.8 Å². The van der Waals surface area contributed by atoms with Gasteiger partial charge in [0.25, 0.3) is 5.91 Å². The lowest BCUT2D eigenvalue weighted by molar-refractivity contribution is -0.133. The molecular formula is C23H31N3O5S. The number of para-hydroxylation sites is 2. The number of amides is 1. The molecule has 1 fully saturated rings. The number of aryl methyl sites for hydroxylation is 1. The number of carbonyl (C=O) groups is 1. The molecule has 0 bridgehead atoms. The lowest BCUT2D eigenvalue weighted by Crippen LogP contribution is -2.50.